The number of carbonyl (C=O) groups excluding carboxylic acids is 1. The van der Waals surface area contributed by atoms with E-state index < -0.39 is 5.82 Å². The van der Waals surface area contributed by atoms with Crippen LogP contribution in [-0.2, 0) is 0 Å². The Bertz CT molecular complexity index is 386. The van der Waals surface area contributed by atoms with Crippen molar-refractivity contribution in [3.05, 3.63) is 34.6 Å². The summed E-state index contributed by atoms with van der Waals surface area (Å²) in [5.74, 6) is -0.811. The van der Waals surface area contributed by atoms with Crippen LogP contribution in [0, 0.1) is 5.82 Å². The van der Waals surface area contributed by atoms with Gasteiger partial charge in [0.1, 0.15) is 5.82 Å². The summed E-state index contributed by atoms with van der Waals surface area (Å²) in [7, 11) is 0. The van der Waals surface area contributed by atoms with Crippen molar-refractivity contribution in [2.45, 2.75) is 6.92 Å². The summed E-state index contributed by atoms with van der Waals surface area (Å²) < 4.78 is 13.2. The number of hydrogen-bond acceptors (Lipinski definition) is 1. The number of nitrogens with zero attached hydrogens (tertiary/aromatic N) is 1. The first-order valence-corrected chi connectivity index (χ1v) is 6.41. The first kappa shape index (κ1) is 13.5. The summed E-state index contributed by atoms with van der Waals surface area (Å²) in [6.07, 6.45) is 0. The Morgan fingerprint density at radius 1 is 1.56 bits per heavy atom. The number of halogens is 3. The predicted molar refractivity (Wildman–Crippen MR) is 66.8 cm³/mol. The number of alkyl halides is 1. The number of hydrogen-bond donors (Lipinski definition) is 0. The molecule has 16 heavy (non-hydrogen) atoms. The average molecular weight is 309 g/mol. The molecule has 1 aromatic rings. The van der Waals surface area contributed by atoms with Gasteiger partial charge in [-0.15, -0.1) is 0 Å². The lowest BCUT2D eigenvalue weighted by Crippen LogP contribution is -2.32. The molecule has 0 saturated heterocycles. The normalized spacial score (nSPS) is 10.2. The molecule has 0 aliphatic carbocycles. The summed E-state index contributed by atoms with van der Waals surface area (Å²) in [6.45, 7) is 3.01. The zero-order valence-electron chi connectivity index (χ0n) is 8.84. The molecule has 0 aliphatic rings. The van der Waals surface area contributed by atoms with Gasteiger partial charge in [-0.2, -0.15) is 0 Å². The summed E-state index contributed by atoms with van der Waals surface area (Å²) in [4.78, 5) is 13.6. The molecule has 0 atom stereocenters. The molecule has 88 valence electrons. The fraction of sp³-hybridized carbons (Fsp3) is 0.364. The Kier molecular flexibility index (Phi) is 5.22. The van der Waals surface area contributed by atoms with Crippen molar-refractivity contribution in [2.24, 2.45) is 0 Å². The van der Waals surface area contributed by atoms with E-state index in [4.69, 9.17) is 11.6 Å². The van der Waals surface area contributed by atoms with Crippen LogP contribution in [0.1, 0.15) is 17.3 Å². The van der Waals surface area contributed by atoms with E-state index in [1.165, 1.54) is 18.2 Å². The van der Waals surface area contributed by atoms with Crippen LogP contribution in [0.2, 0.25) is 5.02 Å². The highest BCUT2D eigenvalue weighted by molar-refractivity contribution is 9.09. The minimum Gasteiger partial charge on any atom is -0.338 e. The van der Waals surface area contributed by atoms with Gasteiger partial charge < -0.3 is 4.90 Å². The molecule has 0 saturated carbocycles. The third kappa shape index (κ3) is 2.95. The molecule has 0 spiro atoms. The molecule has 5 heteroatoms. The lowest BCUT2D eigenvalue weighted by Gasteiger charge is -2.20. The molecule has 0 fully saturated rings. The lowest BCUT2D eigenvalue weighted by molar-refractivity contribution is 0.0774. The smallest absolute Gasteiger partial charge is 0.255 e. The van der Waals surface area contributed by atoms with Crippen LogP contribution in [0.5, 0.6) is 0 Å². The Hall–Kier alpha value is -0.610. The maximum absolute atomic E-state index is 13.2. The molecular formula is C11H12BrClFNO. The lowest BCUT2D eigenvalue weighted by atomic mass is 10.2. The van der Waals surface area contributed by atoms with Gasteiger partial charge in [-0.3, -0.25) is 4.79 Å². The third-order valence-corrected chi connectivity index (χ3v) is 2.94. The van der Waals surface area contributed by atoms with Crippen molar-refractivity contribution < 1.29 is 9.18 Å². The molecule has 0 heterocycles. The molecule has 1 rings (SSSR count). The largest absolute Gasteiger partial charge is 0.338 e. The Labute approximate surface area is 108 Å². The van der Waals surface area contributed by atoms with E-state index in [0.717, 1.165) is 0 Å². The van der Waals surface area contributed by atoms with Gasteiger partial charge in [0.15, 0.2) is 0 Å². The van der Waals surface area contributed by atoms with Crippen LogP contribution in [0.15, 0.2) is 18.2 Å². The van der Waals surface area contributed by atoms with Crippen LogP contribution < -0.4 is 0 Å². The van der Waals surface area contributed by atoms with Gasteiger partial charge in [0, 0.05) is 18.4 Å². The van der Waals surface area contributed by atoms with Gasteiger partial charge in [-0.1, -0.05) is 33.6 Å². The molecule has 2 nitrogen and oxygen atoms in total. The van der Waals surface area contributed by atoms with Crippen LogP contribution in [0.4, 0.5) is 4.39 Å². The molecule has 1 amide bonds. The topological polar surface area (TPSA) is 20.3 Å². The van der Waals surface area contributed by atoms with Gasteiger partial charge in [0.25, 0.3) is 5.91 Å². The fourth-order valence-corrected chi connectivity index (χ4v) is 1.98. The van der Waals surface area contributed by atoms with E-state index in [-0.39, 0.29) is 16.5 Å². The summed E-state index contributed by atoms with van der Waals surface area (Å²) in [5.41, 5.74) is 0.212. The van der Waals surface area contributed by atoms with Crippen molar-refractivity contribution >= 4 is 33.4 Å². The number of amides is 1. The highest BCUT2D eigenvalue weighted by Gasteiger charge is 2.18. The van der Waals surface area contributed by atoms with Gasteiger partial charge in [0.2, 0.25) is 0 Å². The SMILES string of the molecule is CCN(CCBr)C(=O)c1cccc(F)c1Cl. The van der Waals surface area contributed by atoms with Crippen molar-refractivity contribution in [2.75, 3.05) is 18.4 Å². The van der Waals surface area contributed by atoms with Crippen molar-refractivity contribution in [1.29, 1.82) is 0 Å². The van der Waals surface area contributed by atoms with E-state index in [1.54, 1.807) is 4.90 Å². The molecule has 0 N–H and O–H groups in total. The summed E-state index contributed by atoms with van der Waals surface area (Å²) in [6, 6.07) is 4.25. The summed E-state index contributed by atoms with van der Waals surface area (Å²) >= 11 is 9.02. The number of benzene rings is 1. The Morgan fingerprint density at radius 3 is 2.81 bits per heavy atom. The second-order valence-corrected chi connectivity index (χ2v) is 4.35. The van der Waals surface area contributed by atoms with Crippen molar-refractivity contribution in [3.8, 4) is 0 Å². The van der Waals surface area contributed by atoms with Gasteiger partial charge in [-0.05, 0) is 19.1 Å². The molecule has 0 aromatic heterocycles. The number of rotatable bonds is 4. The van der Waals surface area contributed by atoms with E-state index in [2.05, 4.69) is 15.9 Å². The summed E-state index contributed by atoms with van der Waals surface area (Å²) in [5, 5.41) is 0.569. The van der Waals surface area contributed by atoms with Gasteiger partial charge >= 0.3 is 0 Å². The predicted octanol–water partition coefficient (Wildman–Crippen LogP) is 3.34. The van der Waals surface area contributed by atoms with Crippen LogP contribution in [0.25, 0.3) is 0 Å². The standard InChI is InChI=1S/C11H12BrClFNO/c1-2-15(7-6-12)11(16)8-4-3-5-9(14)10(8)13/h3-5H,2,6-7H2,1H3. The average Bonchev–Trinajstić information content (AvgIpc) is 2.29. The van der Waals surface area contributed by atoms with Crippen molar-refractivity contribution in [1.82, 2.24) is 4.90 Å². The fourth-order valence-electron chi connectivity index (χ4n) is 1.34. The zero-order chi connectivity index (χ0) is 12.1. The first-order valence-electron chi connectivity index (χ1n) is 4.91. The highest BCUT2D eigenvalue weighted by atomic mass is 79.9. The monoisotopic (exact) mass is 307 g/mol. The van der Waals surface area contributed by atoms with Crippen LogP contribution >= 0.6 is 27.5 Å². The highest BCUT2D eigenvalue weighted by Crippen LogP contribution is 2.21. The van der Waals surface area contributed by atoms with Crippen LogP contribution in [-0.4, -0.2) is 29.2 Å². The molecule has 0 bridgehead atoms. The maximum atomic E-state index is 13.2. The quantitative estimate of drug-likeness (QED) is 0.781. The minimum absolute atomic E-state index is 0.111. The van der Waals surface area contributed by atoms with E-state index >= 15 is 0 Å². The molecule has 0 radical (unpaired) electrons. The van der Waals surface area contributed by atoms with Crippen molar-refractivity contribution in [3.63, 3.8) is 0 Å². The molecule has 1 aromatic carbocycles. The van der Waals surface area contributed by atoms with E-state index in [1.807, 2.05) is 6.92 Å². The minimum atomic E-state index is -0.567. The van der Waals surface area contributed by atoms with E-state index in [9.17, 15) is 9.18 Å². The van der Waals surface area contributed by atoms with E-state index in [0.29, 0.717) is 18.4 Å². The second kappa shape index (κ2) is 6.21. The van der Waals surface area contributed by atoms with Crippen LogP contribution in [0.3, 0.4) is 0 Å². The Balaban J connectivity index is 2.99. The molecule has 0 aliphatic heterocycles. The third-order valence-electron chi connectivity index (χ3n) is 2.21. The Morgan fingerprint density at radius 2 is 2.25 bits per heavy atom. The second-order valence-electron chi connectivity index (χ2n) is 3.18. The first-order chi connectivity index (χ1) is 7.61. The van der Waals surface area contributed by atoms with Gasteiger partial charge in [-0.25, -0.2) is 4.39 Å². The molecular weight excluding hydrogens is 296 g/mol. The molecule has 0 unspecified atom stereocenters. The number of carbonyl (C=O) groups is 1. The van der Waals surface area contributed by atoms with Gasteiger partial charge in [0.05, 0.1) is 10.6 Å². The zero-order valence-corrected chi connectivity index (χ0v) is 11.2. The maximum Gasteiger partial charge on any atom is 0.255 e.